The number of carboxylic acids is 1. The molecule has 1 atom stereocenters. The largest absolute Gasteiger partial charge is 0.480 e. The van der Waals surface area contributed by atoms with Gasteiger partial charge < -0.3 is 21.3 Å². The van der Waals surface area contributed by atoms with E-state index in [1.165, 1.54) is 12.1 Å². The van der Waals surface area contributed by atoms with E-state index in [1.54, 1.807) is 6.92 Å². The first-order valence-corrected chi connectivity index (χ1v) is 4.88. The van der Waals surface area contributed by atoms with E-state index in [9.17, 15) is 9.59 Å². The van der Waals surface area contributed by atoms with Crippen molar-refractivity contribution >= 4 is 23.4 Å². The monoisotopic (exact) mass is 239 g/mol. The minimum atomic E-state index is -1.49. The molecule has 7 nitrogen and oxygen atoms in total. The number of nitrogens with zero attached hydrogens (tertiary/aromatic N) is 1. The van der Waals surface area contributed by atoms with Gasteiger partial charge in [-0.3, -0.25) is 9.59 Å². The molecule has 7 heteroatoms. The van der Waals surface area contributed by atoms with Gasteiger partial charge in [0, 0.05) is 0 Å². The summed E-state index contributed by atoms with van der Waals surface area (Å²) in [5, 5.41) is 8.97. The van der Waals surface area contributed by atoms with E-state index in [2.05, 4.69) is 9.72 Å². The van der Waals surface area contributed by atoms with Crippen LogP contribution >= 0.6 is 0 Å². The van der Waals surface area contributed by atoms with Gasteiger partial charge in [-0.15, -0.1) is 0 Å². The number of aliphatic carboxylic acids is 1. The predicted molar refractivity (Wildman–Crippen MR) is 60.1 cm³/mol. The van der Waals surface area contributed by atoms with E-state index in [-0.39, 0.29) is 23.8 Å². The van der Waals surface area contributed by atoms with Crippen molar-refractivity contribution in [1.82, 2.24) is 4.98 Å². The molecule has 1 aromatic heterocycles. The molecule has 0 saturated carbocycles. The molecule has 0 aromatic carbocycles. The van der Waals surface area contributed by atoms with E-state index in [1.807, 2.05) is 0 Å². The van der Waals surface area contributed by atoms with Crippen molar-refractivity contribution in [3.63, 3.8) is 0 Å². The second-order valence-electron chi connectivity index (χ2n) is 3.23. The summed E-state index contributed by atoms with van der Waals surface area (Å²) in [5.41, 5.74) is 11.1. The highest BCUT2D eigenvalue weighted by Crippen LogP contribution is 2.20. The van der Waals surface area contributed by atoms with E-state index >= 15 is 0 Å². The Morgan fingerprint density at radius 3 is 2.59 bits per heavy atom. The van der Waals surface area contributed by atoms with Crippen molar-refractivity contribution in [2.75, 3.05) is 18.1 Å². The van der Waals surface area contributed by atoms with Crippen molar-refractivity contribution in [3.8, 4) is 0 Å². The topological polar surface area (TPSA) is 129 Å². The summed E-state index contributed by atoms with van der Waals surface area (Å²) in [6, 6.07) is 2.73. The Bertz CT molecular complexity index is 447. The maximum atomic E-state index is 11.5. The highest BCUT2D eigenvalue weighted by atomic mass is 16.5. The number of aromatic nitrogens is 1. The lowest BCUT2D eigenvalue weighted by atomic mass is 10.1. The number of ether oxygens (including phenoxy) is 1. The summed E-state index contributed by atoms with van der Waals surface area (Å²) in [7, 11) is 0. The average Bonchev–Trinajstić information content (AvgIpc) is 2.23. The standard InChI is InChI=1S/C10H13N3O4/c1-2-17-10(16)7(9(14)15)6-4-3-5(11)8(12)13-6/h3-4,7H,2,11H2,1H3,(H2,12,13)(H,14,15). The van der Waals surface area contributed by atoms with Crippen LogP contribution in [0.1, 0.15) is 18.5 Å². The van der Waals surface area contributed by atoms with Gasteiger partial charge in [-0.05, 0) is 19.1 Å². The van der Waals surface area contributed by atoms with Crippen LogP contribution in [0, 0.1) is 0 Å². The molecule has 0 amide bonds. The molecular formula is C10H13N3O4. The van der Waals surface area contributed by atoms with Gasteiger partial charge in [0.1, 0.15) is 5.82 Å². The zero-order valence-corrected chi connectivity index (χ0v) is 9.21. The van der Waals surface area contributed by atoms with Gasteiger partial charge in [0.25, 0.3) is 0 Å². The summed E-state index contributed by atoms with van der Waals surface area (Å²) in [6.07, 6.45) is 0. The van der Waals surface area contributed by atoms with Crippen molar-refractivity contribution in [3.05, 3.63) is 17.8 Å². The van der Waals surface area contributed by atoms with Crippen molar-refractivity contribution in [2.45, 2.75) is 12.8 Å². The first kappa shape index (κ1) is 12.8. The third-order valence-electron chi connectivity index (χ3n) is 2.04. The van der Waals surface area contributed by atoms with Crippen molar-refractivity contribution < 1.29 is 19.4 Å². The summed E-state index contributed by atoms with van der Waals surface area (Å²) in [4.78, 5) is 26.2. The van der Waals surface area contributed by atoms with Crippen molar-refractivity contribution in [1.29, 1.82) is 0 Å². The van der Waals surface area contributed by atoms with Gasteiger partial charge in [-0.25, -0.2) is 4.98 Å². The molecule has 0 fully saturated rings. The van der Waals surface area contributed by atoms with E-state index < -0.39 is 17.9 Å². The third kappa shape index (κ3) is 2.83. The number of hydrogen-bond donors (Lipinski definition) is 3. The zero-order chi connectivity index (χ0) is 13.0. The van der Waals surface area contributed by atoms with Crippen LogP contribution in [0.4, 0.5) is 11.5 Å². The lowest BCUT2D eigenvalue weighted by Gasteiger charge is -2.11. The highest BCUT2D eigenvalue weighted by Gasteiger charge is 2.31. The number of rotatable bonds is 4. The van der Waals surface area contributed by atoms with Gasteiger partial charge in [0.05, 0.1) is 18.0 Å². The third-order valence-corrected chi connectivity index (χ3v) is 2.04. The number of carboxylic acid groups (broad SMARTS) is 1. The first-order chi connectivity index (χ1) is 7.97. The zero-order valence-electron chi connectivity index (χ0n) is 9.21. The number of carbonyl (C=O) groups excluding carboxylic acids is 1. The first-order valence-electron chi connectivity index (χ1n) is 4.88. The molecule has 1 heterocycles. The Hall–Kier alpha value is -2.31. The molecule has 0 aliphatic heterocycles. The van der Waals surface area contributed by atoms with Crippen molar-refractivity contribution in [2.24, 2.45) is 0 Å². The van der Waals surface area contributed by atoms with Crippen LogP contribution in [-0.4, -0.2) is 28.6 Å². The molecule has 1 unspecified atom stereocenters. The van der Waals surface area contributed by atoms with E-state index in [4.69, 9.17) is 16.6 Å². The van der Waals surface area contributed by atoms with Gasteiger partial charge >= 0.3 is 11.9 Å². The van der Waals surface area contributed by atoms with Gasteiger partial charge in [-0.1, -0.05) is 0 Å². The Labute approximate surface area is 97.4 Å². The van der Waals surface area contributed by atoms with Gasteiger partial charge in [0.2, 0.25) is 0 Å². The second-order valence-corrected chi connectivity index (χ2v) is 3.23. The molecule has 5 N–H and O–H groups in total. The Kier molecular flexibility index (Phi) is 3.86. The molecule has 1 rings (SSSR count). The lowest BCUT2D eigenvalue weighted by Crippen LogP contribution is -2.25. The fraction of sp³-hybridized carbons (Fsp3) is 0.300. The van der Waals surface area contributed by atoms with E-state index in [0.29, 0.717) is 0 Å². The van der Waals surface area contributed by atoms with Crippen LogP contribution in [0.15, 0.2) is 12.1 Å². The molecule has 17 heavy (non-hydrogen) atoms. The Morgan fingerprint density at radius 2 is 2.12 bits per heavy atom. The maximum absolute atomic E-state index is 11.5. The molecule has 0 aliphatic carbocycles. The van der Waals surface area contributed by atoms with Crippen LogP contribution in [0.5, 0.6) is 0 Å². The maximum Gasteiger partial charge on any atom is 0.326 e. The summed E-state index contributed by atoms with van der Waals surface area (Å²) in [6.45, 7) is 1.68. The van der Waals surface area contributed by atoms with Crippen LogP contribution in [0.3, 0.4) is 0 Å². The number of nitrogen functional groups attached to an aromatic ring is 2. The summed E-state index contributed by atoms with van der Waals surface area (Å²) in [5.74, 6) is -3.73. The number of hydrogen-bond acceptors (Lipinski definition) is 6. The second kappa shape index (κ2) is 5.15. The van der Waals surface area contributed by atoms with Gasteiger partial charge in [-0.2, -0.15) is 0 Å². The summed E-state index contributed by atoms with van der Waals surface area (Å²) < 4.78 is 4.66. The van der Waals surface area contributed by atoms with Gasteiger partial charge in [0.15, 0.2) is 5.92 Å². The number of carbonyl (C=O) groups is 2. The predicted octanol–water partition coefficient (Wildman–Crippen LogP) is -0.0227. The minimum absolute atomic E-state index is 0.00245. The average molecular weight is 239 g/mol. The van der Waals surface area contributed by atoms with Crippen LogP contribution in [0.25, 0.3) is 0 Å². The van der Waals surface area contributed by atoms with E-state index in [0.717, 1.165) is 0 Å². The fourth-order valence-corrected chi connectivity index (χ4v) is 1.24. The number of nitrogens with two attached hydrogens (primary N) is 2. The SMILES string of the molecule is CCOC(=O)C(C(=O)O)c1ccc(N)c(N)n1. The van der Waals surface area contributed by atoms with Crippen LogP contribution in [-0.2, 0) is 14.3 Å². The molecule has 0 spiro atoms. The molecular weight excluding hydrogens is 226 g/mol. The highest BCUT2D eigenvalue weighted by molar-refractivity contribution is 5.99. The summed E-state index contributed by atoms with van der Waals surface area (Å²) >= 11 is 0. The fourth-order valence-electron chi connectivity index (χ4n) is 1.24. The molecule has 0 aliphatic rings. The molecule has 0 bridgehead atoms. The number of anilines is 2. The number of pyridine rings is 1. The smallest absolute Gasteiger partial charge is 0.326 e. The Morgan fingerprint density at radius 1 is 1.47 bits per heavy atom. The molecule has 1 aromatic rings. The lowest BCUT2D eigenvalue weighted by molar-refractivity contribution is -0.153. The Balaban J connectivity index is 3.10. The molecule has 92 valence electrons. The molecule has 0 saturated heterocycles. The molecule has 0 radical (unpaired) electrons. The minimum Gasteiger partial charge on any atom is -0.480 e. The quantitative estimate of drug-likeness (QED) is 0.497. The number of esters is 1. The van der Waals surface area contributed by atoms with Crippen LogP contribution in [0.2, 0.25) is 0 Å². The van der Waals surface area contributed by atoms with Crippen LogP contribution < -0.4 is 11.5 Å². The normalized spacial score (nSPS) is 11.8.